The topological polar surface area (TPSA) is 49.4 Å². The Bertz CT molecular complexity index is 682. The van der Waals surface area contributed by atoms with Crippen LogP contribution in [0.3, 0.4) is 0 Å². The fourth-order valence-electron chi connectivity index (χ4n) is 2.76. The minimum absolute atomic E-state index is 0.0591. The summed E-state index contributed by atoms with van der Waals surface area (Å²) >= 11 is 1.70. The van der Waals surface area contributed by atoms with E-state index in [1.807, 2.05) is 40.6 Å². The van der Waals surface area contributed by atoms with Crippen LogP contribution in [-0.4, -0.2) is 29.8 Å². The Hall–Kier alpha value is -2.14. The van der Waals surface area contributed by atoms with E-state index in [9.17, 15) is 9.59 Å². The molecule has 1 fully saturated rings. The summed E-state index contributed by atoms with van der Waals surface area (Å²) in [5.41, 5.74) is 1.66. The molecule has 0 spiro atoms. The van der Waals surface area contributed by atoms with Crippen molar-refractivity contribution in [1.29, 1.82) is 0 Å². The Morgan fingerprint density at radius 3 is 2.91 bits per heavy atom. The molecule has 2 amide bonds. The van der Waals surface area contributed by atoms with Gasteiger partial charge in [-0.05, 0) is 42.0 Å². The first-order chi connectivity index (χ1) is 11.2. The third-order valence-corrected chi connectivity index (χ3v) is 4.91. The Kier molecular flexibility index (Phi) is 5.08. The standard InChI is InChI=1S/C18H20N2O2S/c21-17-7-2-10-20(17)13-14-4-1-5-15(12-14)18(22)19-9-8-16-6-3-11-23-16/h1,3-6,11-12H,2,7-10,13H2,(H,19,22). The number of benzene rings is 1. The van der Waals surface area contributed by atoms with Crippen LogP contribution in [-0.2, 0) is 17.8 Å². The highest BCUT2D eigenvalue weighted by Gasteiger charge is 2.20. The van der Waals surface area contributed by atoms with E-state index in [1.165, 1.54) is 4.88 Å². The Morgan fingerprint density at radius 2 is 2.17 bits per heavy atom. The molecule has 0 radical (unpaired) electrons. The number of thiophene rings is 1. The molecule has 1 aromatic carbocycles. The van der Waals surface area contributed by atoms with Crippen molar-refractivity contribution < 1.29 is 9.59 Å². The normalized spacial score (nSPS) is 14.3. The van der Waals surface area contributed by atoms with Gasteiger partial charge in [0.15, 0.2) is 0 Å². The average Bonchev–Trinajstić information content (AvgIpc) is 3.20. The van der Waals surface area contributed by atoms with Crippen LogP contribution >= 0.6 is 11.3 Å². The van der Waals surface area contributed by atoms with Crippen molar-refractivity contribution in [1.82, 2.24) is 10.2 Å². The molecular weight excluding hydrogens is 308 g/mol. The number of nitrogens with one attached hydrogen (secondary N) is 1. The fraction of sp³-hybridized carbons (Fsp3) is 0.333. The molecule has 0 atom stereocenters. The van der Waals surface area contributed by atoms with Gasteiger partial charge in [0.25, 0.3) is 5.91 Å². The molecule has 4 nitrogen and oxygen atoms in total. The van der Waals surface area contributed by atoms with Gasteiger partial charge in [-0.2, -0.15) is 0 Å². The predicted molar refractivity (Wildman–Crippen MR) is 91.4 cm³/mol. The first kappa shape index (κ1) is 15.7. The van der Waals surface area contributed by atoms with Gasteiger partial charge >= 0.3 is 0 Å². The highest BCUT2D eigenvalue weighted by Crippen LogP contribution is 2.15. The number of carbonyl (C=O) groups excluding carboxylic acids is 2. The van der Waals surface area contributed by atoms with Crippen LogP contribution < -0.4 is 5.32 Å². The van der Waals surface area contributed by atoms with E-state index in [2.05, 4.69) is 11.4 Å². The van der Waals surface area contributed by atoms with Crippen molar-refractivity contribution in [3.05, 3.63) is 57.8 Å². The third kappa shape index (κ3) is 4.20. The number of hydrogen-bond acceptors (Lipinski definition) is 3. The van der Waals surface area contributed by atoms with Gasteiger partial charge in [-0.1, -0.05) is 18.2 Å². The minimum Gasteiger partial charge on any atom is -0.352 e. The van der Waals surface area contributed by atoms with Crippen molar-refractivity contribution in [2.45, 2.75) is 25.8 Å². The second-order valence-corrected chi connectivity index (χ2v) is 6.74. The van der Waals surface area contributed by atoms with E-state index in [0.717, 1.165) is 24.9 Å². The second-order valence-electron chi connectivity index (χ2n) is 5.70. The lowest BCUT2D eigenvalue weighted by Gasteiger charge is -2.16. The predicted octanol–water partition coefficient (Wildman–Crippen LogP) is 2.84. The number of hydrogen-bond donors (Lipinski definition) is 1. The van der Waals surface area contributed by atoms with Crippen molar-refractivity contribution in [2.75, 3.05) is 13.1 Å². The minimum atomic E-state index is -0.0591. The van der Waals surface area contributed by atoms with Gasteiger partial charge in [-0.3, -0.25) is 9.59 Å². The number of rotatable bonds is 6. The summed E-state index contributed by atoms with van der Waals surface area (Å²) in [5.74, 6) is 0.145. The zero-order chi connectivity index (χ0) is 16.1. The lowest BCUT2D eigenvalue weighted by atomic mass is 10.1. The van der Waals surface area contributed by atoms with Gasteiger partial charge in [0.05, 0.1) is 0 Å². The average molecular weight is 328 g/mol. The van der Waals surface area contributed by atoms with Gasteiger partial charge < -0.3 is 10.2 Å². The van der Waals surface area contributed by atoms with Crippen LogP contribution in [0.2, 0.25) is 0 Å². The molecule has 1 aliphatic rings. The molecule has 1 aliphatic heterocycles. The molecule has 23 heavy (non-hydrogen) atoms. The highest BCUT2D eigenvalue weighted by atomic mass is 32.1. The van der Waals surface area contributed by atoms with E-state index < -0.39 is 0 Å². The molecule has 120 valence electrons. The zero-order valence-electron chi connectivity index (χ0n) is 13.0. The quantitative estimate of drug-likeness (QED) is 0.886. The van der Waals surface area contributed by atoms with E-state index in [0.29, 0.717) is 25.1 Å². The lowest BCUT2D eigenvalue weighted by Crippen LogP contribution is -2.26. The van der Waals surface area contributed by atoms with Crippen LogP contribution in [0.25, 0.3) is 0 Å². The van der Waals surface area contributed by atoms with Crippen LogP contribution in [0.15, 0.2) is 41.8 Å². The number of nitrogens with zero attached hydrogens (tertiary/aromatic N) is 1. The number of amides is 2. The molecule has 5 heteroatoms. The van der Waals surface area contributed by atoms with E-state index >= 15 is 0 Å². The number of carbonyl (C=O) groups is 2. The summed E-state index contributed by atoms with van der Waals surface area (Å²) in [5, 5.41) is 5.00. The summed E-state index contributed by atoms with van der Waals surface area (Å²) in [4.78, 5) is 27.1. The molecule has 2 heterocycles. The van der Waals surface area contributed by atoms with Crippen LogP contribution in [0.4, 0.5) is 0 Å². The van der Waals surface area contributed by atoms with E-state index in [-0.39, 0.29) is 11.8 Å². The van der Waals surface area contributed by atoms with Gasteiger partial charge in [0, 0.05) is 36.5 Å². The fourth-order valence-corrected chi connectivity index (χ4v) is 3.47. The van der Waals surface area contributed by atoms with Crippen molar-refractivity contribution >= 4 is 23.2 Å². The Morgan fingerprint density at radius 1 is 1.26 bits per heavy atom. The maximum atomic E-state index is 12.2. The second kappa shape index (κ2) is 7.42. The van der Waals surface area contributed by atoms with Crippen molar-refractivity contribution in [2.24, 2.45) is 0 Å². The molecule has 0 bridgehead atoms. The summed E-state index contributed by atoms with van der Waals surface area (Å²) in [6.45, 7) is 2.04. The van der Waals surface area contributed by atoms with Gasteiger partial charge in [0.1, 0.15) is 0 Å². The van der Waals surface area contributed by atoms with Crippen LogP contribution in [0, 0.1) is 0 Å². The summed E-state index contributed by atoms with van der Waals surface area (Å²) in [6, 6.07) is 11.6. The Balaban J connectivity index is 1.55. The zero-order valence-corrected chi connectivity index (χ0v) is 13.8. The molecule has 0 aliphatic carbocycles. The Labute approximate surface area is 140 Å². The van der Waals surface area contributed by atoms with Gasteiger partial charge in [-0.15, -0.1) is 11.3 Å². The van der Waals surface area contributed by atoms with Crippen molar-refractivity contribution in [3.63, 3.8) is 0 Å². The van der Waals surface area contributed by atoms with Crippen LogP contribution in [0.5, 0.6) is 0 Å². The SMILES string of the molecule is O=C(NCCc1cccs1)c1cccc(CN2CCCC2=O)c1. The third-order valence-electron chi connectivity index (χ3n) is 3.97. The molecule has 1 saturated heterocycles. The first-order valence-electron chi connectivity index (χ1n) is 7.90. The summed E-state index contributed by atoms with van der Waals surface area (Å²) in [6.07, 6.45) is 2.43. The first-order valence-corrected chi connectivity index (χ1v) is 8.77. The number of likely N-dealkylation sites (tertiary alicyclic amines) is 1. The maximum Gasteiger partial charge on any atom is 0.251 e. The van der Waals surface area contributed by atoms with Crippen LogP contribution in [0.1, 0.15) is 33.6 Å². The monoisotopic (exact) mass is 328 g/mol. The molecular formula is C18H20N2O2S. The molecule has 2 aromatic rings. The molecule has 0 saturated carbocycles. The van der Waals surface area contributed by atoms with E-state index in [4.69, 9.17) is 0 Å². The molecule has 1 aromatic heterocycles. The smallest absolute Gasteiger partial charge is 0.251 e. The van der Waals surface area contributed by atoms with Gasteiger partial charge in [0.2, 0.25) is 5.91 Å². The highest BCUT2D eigenvalue weighted by molar-refractivity contribution is 7.09. The summed E-state index contributed by atoms with van der Waals surface area (Å²) in [7, 11) is 0. The molecule has 0 unspecified atom stereocenters. The largest absolute Gasteiger partial charge is 0.352 e. The molecule has 1 N–H and O–H groups in total. The van der Waals surface area contributed by atoms with Gasteiger partial charge in [-0.25, -0.2) is 0 Å². The molecule has 3 rings (SSSR count). The maximum absolute atomic E-state index is 12.2. The lowest BCUT2D eigenvalue weighted by molar-refractivity contribution is -0.128. The summed E-state index contributed by atoms with van der Waals surface area (Å²) < 4.78 is 0. The van der Waals surface area contributed by atoms with Crippen molar-refractivity contribution in [3.8, 4) is 0 Å². The van der Waals surface area contributed by atoms with E-state index in [1.54, 1.807) is 11.3 Å².